The van der Waals surface area contributed by atoms with Gasteiger partial charge in [0.15, 0.2) is 23.3 Å². The molecule has 3 aromatic carbocycles. The van der Waals surface area contributed by atoms with Crippen LogP contribution in [0.2, 0.25) is 0 Å². The summed E-state index contributed by atoms with van der Waals surface area (Å²) >= 11 is 0. The van der Waals surface area contributed by atoms with E-state index in [0.717, 1.165) is 5.56 Å². The third-order valence-electron chi connectivity index (χ3n) is 5.76. The third-order valence-corrected chi connectivity index (χ3v) is 5.76. The Morgan fingerprint density at radius 2 is 1.48 bits per heavy atom. The number of benzene rings is 3. The SMILES string of the molecule is C=CCCc1ccc(-c2cc3c(c(F)c2F)-c2c(cc(CCC)c(F)c2F)C3)c(F)c1. The van der Waals surface area contributed by atoms with Gasteiger partial charge in [0.1, 0.15) is 5.82 Å². The number of allylic oxidation sites excluding steroid dienone is 1. The fourth-order valence-corrected chi connectivity index (χ4v) is 4.29. The first kappa shape index (κ1) is 21.3. The summed E-state index contributed by atoms with van der Waals surface area (Å²) < 4.78 is 74.0. The van der Waals surface area contributed by atoms with E-state index < -0.39 is 29.1 Å². The zero-order valence-electron chi connectivity index (χ0n) is 17.1. The van der Waals surface area contributed by atoms with Crippen molar-refractivity contribution >= 4 is 0 Å². The van der Waals surface area contributed by atoms with Crippen molar-refractivity contribution in [3.05, 3.63) is 94.3 Å². The second-order valence-electron chi connectivity index (χ2n) is 7.85. The van der Waals surface area contributed by atoms with E-state index in [0.29, 0.717) is 36.8 Å². The standard InChI is InChI=1S/C26H21F5/c1-3-5-7-14-8-9-18(20(27)10-14)19-13-17-12-16-11-15(6-4-2)23(28)25(30)21(16)22(17)26(31)24(19)29/h3,8-11,13H,1,4-7,12H2,2H3. The maximum atomic E-state index is 15.1. The van der Waals surface area contributed by atoms with Crippen molar-refractivity contribution in [3.8, 4) is 22.3 Å². The van der Waals surface area contributed by atoms with Crippen LogP contribution in [0.3, 0.4) is 0 Å². The summed E-state index contributed by atoms with van der Waals surface area (Å²) in [6.07, 6.45) is 4.06. The van der Waals surface area contributed by atoms with Gasteiger partial charge in [0.25, 0.3) is 0 Å². The molecule has 0 nitrogen and oxygen atoms in total. The van der Waals surface area contributed by atoms with Crippen LogP contribution in [0.5, 0.6) is 0 Å². The molecule has 0 heterocycles. The predicted molar refractivity (Wildman–Crippen MR) is 112 cm³/mol. The highest BCUT2D eigenvalue weighted by molar-refractivity contribution is 5.82. The van der Waals surface area contributed by atoms with Gasteiger partial charge in [-0.2, -0.15) is 0 Å². The molecular formula is C26H21F5. The van der Waals surface area contributed by atoms with Crippen molar-refractivity contribution < 1.29 is 22.0 Å². The van der Waals surface area contributed by atoms with Gasteiger partial charge in [0.2, 0.25) is 0 Å². The summed E-state index contributed by atoms with van der Waals surface area (Å²) in [5.74, 6) is -5.43. The van der Waals surface area contributed by atoms with Gasteiger partial charge >= 0.3 is 0 Å². The summed E-state index contributed by atoms with van der Waals surface area (Å²) in [4.78, 5) is 0. The molecular weight excluding hydrogens is 407 g/mol. The Balaban J connectivity index is 1.83. The molecule has 4 rings (SSSR count). The Hall–Kier alpha value is -2.95. The molecule has 0 amide bonds. The molecule has 0 saturated heterocycles. The summed E-state index contributed by atoms with van der Waals surface area (Å²) in [7, 11) is 0. The van der Waals surface area contributed by atoms with Crippen LogP contribution in [0.15, 0.2) is 43.0 Å². The van der Waals surface area contributed by atoms with Crippen molar-refractivity contribution in [1.82, 2.24) is 0 Å². The Kier molecular flexibility index (Phi) is 5.69. The fourth-order valence-electron chi connectivity index (χ4n) is 4.29. The van der Waals surface area contributed by atoms with E-state index in [4.69, 9.17) is 0 Å². The molecule has 0 atom stereocenters. The fraction of sp³-hybridized carbons (Fsp3) is 0.231. The van der Waals surface area contributed by atoms with Crippen LogP contribution in [0, 0.1) is 29.1 Å². The van der Waals surface area contributed by atoms with E-state index in [1.807, 2.05) is 6.92 Å². The minimum Gasteiger partial charge on any atom is -0.206 e. The van der Waals surface area contributed by atoms with Crippen molar-refractivity contribution in [2.75, 3.05) is 0 Å². The molecule has 0 aliphatic heterocycles. The average Bonchev–Trinajstić information content (AvgIpc) is 3.12. The Labute approximate surface area is 178 Å². The molecule has 0 aromatic heterocycles. The van der Waals surface area contributed by atoms with Crippen LogP contribution in [0.4, 0.5) is 22.0 Å². The van der Waals surface area contributed by atoms with E-state index in [1.54, 1.807) is 12.1 Å². The maximum Gasteiger partial charge on any atom is 0.167 e. The highest BCUT2D eigenvalue weighted by Crippen LogP contribution is 2.45. The first-order valence-electron chi connectivity index (χ1n) is 10.3. The van der Waals surface area contributed by atoms with Crippen molar-refractivity contribution in [2.45, 2.75) is 39.0 Å². The normalized spacial score (nSPS) is 12.1. The maximum absolute atomic E-state index is 15.1. The molecule has 0 bridgehead atoms. The minimum atomic E-state index is -1.29. The molecule has 0 radical (unpaired) electrons. The van der Waals surface area contributed by atoms with Crippen LogP contribution >= 0.6 is 0 Å². The number of fused-ring (bicyclic) bond motifs is 3. The van der Waals surface area contributed by atoms with Gasteiger partial charge in [-0.25, -0.2) is 22.0 Å². The molecule has 0 saturated carbocycles. The average molecular weight is 428 g/mol. The largest absolute Gasteiger partial charge is 0.206 e. The molecule has 0 fully saturated rings. The highest BCUT2D eigenvalue weighted by Gasteiger charge is 2.32. The summed E-state index contributed by atoms with van der Waals surface area (Å²) in [6, 6.07) is 7.23. The van der Waals surface area contributed by atoms with Gasteiger partial charge in [-0.1, -0.05) is 37.6 Å². The number of halogens is 5. The molecule has 0 unspecified atom stereocenters. The lowest BCUT2D eigenvalue weighted by Crippen LogP contribution is -2.01. The Morgan fingerprint density at radius 1 is 0.806 bits per heavy atom. The third kappa shape index (κ3) is 3.56. The molecule has 1 aliphatic carbocycles. The van der Waals surface area contributed by atoms with E-state index >= 15 is 4.39 Å². The lowest BCUT2D eigenvalue weighted by atomic mass is 9.95. The first-order valence-corrected chi connectivity index (χ1v) is 10.3. The van der Waals surface area contributed by atoms with E-state index in [2.05, 4.69) is 6.58 Å². The van der Waals surface area contributed by atoms with Gasteiger partial charge in [0, 0.05) is 22.3 Å². The topological polar surface area (TPSA) is 0 Å². The second kappa shape index (κ2) is 8.29. The first-order chi connectivity index (χ1) is 14.9. The lowest BCUT2D eigenvalue weighted by Gasteiger charge is -2.12. The lowest BCUT2D eigenvalue weighted by molar-refractivity contribution is 0.495. The molecule has 0 spiro atoms. The molecule has 5 heteroatoms. The van der Waals surface area contributed by atoms with E-state index in [-0.39, 0.29) is 34.2 Å². The predicted octanol–water partition coefficient (Wildman–Crippen LogP) is 7.69. The molecule has 1 aliphatic rings. The monoisotopic (exact) mass is 428 g/mol. The Morgan fingerprint density at radius 3 is 2.13 bits per heavy atom. The van der Waals surface area contributed by atoms with Crippen molar-refractivity contribution in [2.24, 2.45) is 0 Å². The molecule has 160 valence electrons. The van der Waals surface area contributed by atoms with Crippen LogP contribution in [0.25, 0.3) is 22.3 Å². The molecule has 31 heavy (non-hydrogen) atoms. The zero-order chi connectivity index (χ0) is 22.3. The quantitative estimate of drug-likeness (QED) is 0.218. The van der Waals surface area contributed by atoms with Gasteiger partial charge in [0.05, 0.1) is 0 Å². The van der Waals surface area contributed by atoms with Crippen molar-refractivity contribution in [3.63, 3.8) is 0 Å². The zero-order valence-corrected chi connectivity index (χ0v) is 17.1. The van der Waals surface area contributed by atoms with Crippen LogP contribution < -0.4 is 0 Å². The van der Waals surface area contributed by atoms with Crippen molar-refractivity contribution in [1.29, 1.82) is 0 Å². The minimum absolute atomic E-state index is 0.0733. The highest BCUT2D eigenvalue weighted by atomic mass is 19.2. The van der Waals surface area contributed by atoms with Crippen LogP contribution in [-0.4, -0.2) is 0 Å². The number of aryl methyl sites for hydroxylation is 2. The molecule has 3 aromatic rings. The van der Waals surface area contributed by atoms with Crippen LogP contribution in [0.1, 0.15) is 42.0 Å². The van der Waals surface area contributed by atoms with Crippen LogP contribution in [-0.2, 0) is 19.3 Å². The van der Waals surface area contributed by atoms with Gasteiger partial charge in [-0.05, 0) is 60.1 Å². The summed E-state index contributed by atoms with van der Waals surface area (Å²) in [5.41, 5.74) is 0.834. The van der Waals surface area contributed by atoms with Gasteiger partial charge in [-0.15, -0.1) is 6.58 Å². The van der Waals surface area contributed by atoms with E-state index in [1.165, 1.54) is 24.3 Å². The van der Waals surface area contributed by atoms with E-state index in [9.17, 15) is 17.6 Å². The number of hydrogen-bond donors (Lipinski definition) is 0. The Bertz CT molecular complexity index is 1190. The smallest absolute Gasteiger partial charge is 0.167 e. The molecule has 0 N–H and O–H groups in total. The summed E-state index contributed by atoms with van der Waals surface area (Å²) in [6.45, 7) is 5.47. The summed E-state index contributed by atoms with van der Waals surface area (Å²) in [5, 5.41) is 0. The number of rotatable bonds is 6. The van der Waals surface area contributed by atoms with Gasteiger partial charge < -0.3 is 0 Å². The second-order valence-corrected chi connectivity index (χ2v) is 7.85. The number of hydrogen-bond acceptors (Lipinski definition) is 0. The van der Waals surface area contributed by atoms with Gasteiger partial charge in [-0.3, -0.25) is 0 Å².